The third-order valence-corrected chi connectivity index (χ3v) is 2.61. The van der Waals surface area contributed by atoms with Crippen molar-refractivity contribution >= 4 is 0 Å². The minimum atomic E-state index is -2.92. The van der Waals surface area contributed by atoms with Gasteiger partial charge in [0, 0.05) is 0 Å². The fourth-order valence-electron chi connectivity index (χ4n) is 1.64. The summed E-state index contributed by atoms with van der Waals surface area (Å²) in [5, 5.41) is 12.3. The average molecular weight is 272 g/mol. The molecule has 0 aliphatic carbocycles. The normalized spacial score (nSPS) is 12.9. The van der Waals surface area contributed by atoms with Gasteiger partial charge < -0.3 is 10.8 Å². The third-order valence-electron chi connectivity index (χ3n) is 2.61. The number of aromatic nitrogens is 3. The Morgan fingerprint density at radius 2 is 2.11 bits per heavy atom. The van der Waals surface area contributed by atoms with E-state index in [4.69, 9.17) is 10.8 Å². The highest BCUT2D eigenvalue weighted by atomic mass is 19.3. The van der Waals surface area contributed by atoms with Gasteiger partial charge in [0.2, 0.25) is 0 Å². The molecule has 1 aromatic heterocycles. The quantitative estimate of drug-likeness (QED) is 0.883. The van der Waals surface area contributed by atoms with Gasteiger partial charge in [-0.25, -0.2) is 9.37 Å². The molecular formula is C11H11F3N4O. The molecule has 1 atom stereocenters. The summed E-state index contributed by atoms with van der Waals surface area (Å²) in [5.41, 5.74) is 5.88. The number of nitrogens with two attached hydrogens (primary N) is 1. The maximum absolute atomic E-state index is 13.7. The largest absolute Gasteiger partial charge is 0.394 e. The number of alkyl halides is 2. The van der Waals surface area contributed by atoms with Gasteiger partial charge in [0.1, 0.15) is 12.1 Å². The van der Waals surface area contributed by atoms with Crippen LogP contribution in [-0.2, 0) is 0 Å². The fraction of sp³-hybridized carbons (Fsp3) is 0.273. The Bertz CT molecular complexity index is 573. The zero-order chi connectivity index (χ0) is 14.0. The van der Waals surface area contributed by atoms with E-state index < -0.39 is 18.4 Å². The number of rotatable bonds is 4. The summed E-state index contributed by atoms with van der Waals surface area (Å²) < 4.78 is 39.4. The van der Waals surface area contributed by atoms with E-state index in [0.717, 1.165) is 12.4 Å². The van der Waals surface area contributed by atoms with Gasteiger partial charge in [-0.05, 0) is 17.7 Å². The molecule has 0 bridgehead atoms. The summed E-state index contributed by atoms with van der Waals surface area (Å²) in [4.78, 5) is 3.62. The standard InChI is InChI=1S/C11H11F3N4O/c12-8-2-1-6(9(15)4-19)3-7(8)10-16-5-17-18(10)11(13)14/h1-3,5,9,11,19H,4,15H2/t9-/m1/s1. The van der Waals surface area contributed by atoms with Crippen molar-refractivity contribution in [2.45, 2.75) is 12.6 Å². The van der Waals surface area contributed by atoms with Crippen molar-refractivity contribution in [3.63, 3.8) is 0 Å². The smallest absolute Gasteiger partial charge is 0.335 e. The maximum atomic E-state index is 13.7. The average Bonchev–Trinajstić information content (AvgIpc) is 2.87. The van der Waals surface area contributed by atoms with Gasteiger partial charge in [-0.1, -0.05) is 6.07 Å². The lowest BCUT2D eigenvalue weighted by atomic mass is 10.0. The third kappa shape index (κ3) is 2.59. The van der Waals surface area contributed by atoms with Crippen molar-refractivity contribution in [1.29, 1.82) is 0 Å². The molecular weight excluding hydrogens is 261 g/mol. The molecule has 3 N–H and O–H groups in total. The van der Waals surface area contributed by atoms with E-state index in [1.807, 2.05) is 0 Å². The number of nitrogens with zero attached hydrogens (tertiary/aromatic N) is 3. The van der Waals surface area contributed by atoms with Crippen LogP contribution in [0.15, 0.2) is 24.5 Å². The summed E-state index contributed by atoms with van der Waals surface area (Å²) in [7, 11) is 0. The predicted octanol–water partition coefficient (Wildman–Crippen LogP) is 1.47. The molecule has 0 amide bonds. The van der Waals surface area contributed by atoms with Gasteiger partial charge in [0.05, 0.1) is 18.2 Å². The topological polar surface area (TPSA) is 77.0 Å². The van der Waals surface area contributed by atoms with Crippen LogP contribution in [0, 0.1) is 5.82 Å². The molecule has 2 rings (SSSR count). The van der Waals surface area contributed by atoms with Crippen molar-refractivity contribution in [3.05, 3.63) is 35.9 Å². The zero-order valence-electron chi connectivity index (χ0n) is 9.67. The maximum Gasteiger partial charge on any atom is 0.335 e. The van der Waals surface area contributed by atoms with Gasteiger partial charge >= 0.3 is 6.55 Å². The Morgan fingerprint density at radius 1 is 1.37 bits per heavy atom. The van der Waals surface area contributed by atoms with Crippen molar-refractivity contribution in [3.8, 4) is 11.4 Å². The SMILES string of the molecule is N[C@H](CO)c1ccc(F)c(-c2ncnn2C(F)F)c1. The summed E-state index contributed by atoms with van der Waals surface area (Å²) in [6.45, 7) is -3.26. The second-order valence-corrected chi connectivity index (χ2v) is 3.83. The molecule has 102 valence electrons. The van der Waals surface area contributed by atoms with Crippen molar-refractivity contribution < 1.29 is 18.3 Å². The first-order chi connectivity index (χ1) is 9.04. The molecule has 8 heteroatoms. The highest BCUT2D eigenvalue weighted by molar-refractivity contribution is 5.57. The van der Waals surface area contributed by atoms with Crippen molar-refractivity contribution in [2.75, 3.05) is 6.61 Å². The van der Waals surface area contributed by atoms with Crippen LogP contribution in [0.3, 0.4) is 0 Å². The fourth-order valence-corrected chi connectivity index (χ4v) is 1.64. The monoisotopic (exact) mass is 272 g/mol. The molecule has 0 aliphatic rings. The van der Waals surface area contributed by atoms with Gasteiger partial charge in [-0.2, -0.15) is 18.6 Å². The summed E-state index contributed by atoms with van der Waals surface area (Å²) in [6.07, 6.45) is 0.916. The van der Waals surface area contributed by atoms with E-state index in [0.29, 0.717) is 10.2 Å². The van der Waals surface area contributed by atoms with Gasteiger partial charge in [0.25, 0.3) is 0 Å². The molecule has 0 saturated carbocycles. The van der Waals surface area contributed by atoms with Crippen molar-refractivity contribution in [1.82, 2.24) is 14.8 Å². The van der Waals surface area contributed by atoms with E-state index in [1.165, 1.54) is 12.1 Å². The van der Waals surface area contributed by atoms with Crippen LogP contribution in [0.1, 0.15) is 18.2 Å². The molecule has 1 heterocycles. The Balaban J connectivity index is 2.52. The van der Waals surface area contributed by atoms with Crippen LogP contribution < -0.4 is 5.73 Å². The van der Waals surface area contributed by atoms with E-state index in [-0.39, 0.29) is 18.0 Å². The Labute approximate surface area is 106 Å². The second kappa shape index (κ2) is 5.37. The molecule has 0 saturated heterocycles. The van der Waals surface area contributed by atoms with Crippen LogP contribution in [-0.4, -0.2) is 26.5 Å². The molecule has 5 nitrogen and oxygen atoms in total. The van der Waals surface area contributed by atoms with Crippen LogP contribution in [0.2, 0.25) is 0 Å². The molecule has 0 fully saturated rings. The number of benzene rings is 1. The minimum Gasteiger partial charge on any atom is -0.394 e. The molecule has 19 heavy (non-hydrogen) atoms. The van der Waals surface area contributed by atoms with Gasteiger partial charge in [0.15, 0.2) is 5.82 Å². The first-order valence-corrected chi connectivity index (χ1v) is 5.38. The first kappa shape index (κ1) is 13.5. The number of hydrogen-bond donors (Lipinski definition) is 2. The summed E-state index contributed by atoms with van der Waals surface area (Å²) >= 11 is 0. The number of aliphatic hydroxyl groups excluding tert-OH is 1. The summed E-state index contributed by atoms with van der Waals surface area (Å²) in [5.74, 6) is -1.01. The Hall–Kier alpha value is -1.93. The lowest BCUT2D eigenvalue weighted by molar-refractivity contribution is 0.0582. The lowest BCUT2D eigenvalue weighted by Crippen LogP contribution is -2.15. The Morgan fingerprint density at radius 3 is 2.74 bits per heavy atom. The van der Waals surface area contributed by atoms with Gasteiger partial charge in [-0.3, -0.25) is 0 Å². The number of aliphatic hydroxyl groups is 1. The summed E-state index contributed by atoms with van der Waals surface area (Å²) in [6, 6.07) is 3.02. The highest BCUT2D eigenvalue weighted by Crippen LogP contribution is 2.26. The van der Waals surface area contributed by atoms with Crippen LogP contribution in [0.25, 0.3) is 11.4 Å². The molecule has 0 radical (unpaired) electrons. The highest BCUT2D eigenvalue weighted by Gasteiger charge is 2.19. The molecule has 0 spiro atoms. The Kier molecular flexibility index (Phi) is 3.82. The lowest BCUT2D eigenvalue weighted by Gasteiger charge is -2.11. The zero-order valence-corrected chi connectivity index (χ0v) is 9.67. The molecule has 1 aromatic carbocycles. The molecule has 2 aromatic rings. The predicted molar refractivity (Wildman–Crippen MR) is 60.7 cm³/mol. The van der Waals surface area contributed by atoms with E-state index in [9.17, 15) is 13.2 Å². The van der Waals surface area contributed by atoms with E-state index in [2.05, 4.69) is 10.1 Å². The molecule has 0 unspecified atom stereocenters. The first-order valence-electron chi connectivity index (χ1n) is 5.38. The second-order valence-electron chi connectivity index (χ2n) is 3.83. The van der Waals surface area contributed by atoms with Crippen LogP contribution in [0.5, 0.6) is 0 Å². The van der Waals surface area contributed by atoms with Crippen molar-refractivity contribution in [2.24, 2.45) is 5.73 Å². The van der Waals surface area contributed by atoms with E-state index >= 15 is 0 Å². The van der Waals surface area contributed by atoms with E-state index in [1.54, 1.807) is 0 Å². The molecule has 0 aliphatic heterocycles. The van der Waals surface area contributed by atoms with Crippen LogP contribution in [0.4, 0.5) is 13.2 Å². The number of hydrogen-bond acceptors (Lipinski definition) is 4. The van der Waals surface area contributed by atoms with Gasteiger partial charge in [-0.15, -0.1) is 0 Å². The number of halogens is 3. The minimum absolute atomic E-state index is 0.140. The van der Waals surface area contributed by atoms with Crippen LogP contribution >= 0.6 is 0 Å².